The van der Waals surface area contributed by atoms with Gasteiger partial charge >= 0.3 is 5.97 Å². The van der Waals surface area contributed by atoms with E-state index < -0.39 is 23.2 Å². The first-order chi connectivity index (χ1) is 14.7. The molecule has 162 valence electrons. The molecule has 1 heterocycles. The van der Waals surface area contributed by atoms with Gasteiger partial charge in [0.25, 0.3) is 11.1 Å². The monoisotopic (exact) mass is 571 g/mol. The topological polar surface area (TPSA) is 72.9 Å². The molecule has 6 nitrogen and oxygen atoms in total. The Labute approximate surface area is 199 Å². The van der Waals surface area contributed by atoms with Crippen LogP contribution in [0.25, 0.3) is 6.08 Å². The molecule has 3 rings (SSSR count). The van der Waals surface area contributed by atoms with Crippen molar-refractivity contribution < 1.29 is 28.2 Å². The van der Waals surface area contributed by atoms with Gasteiger partial charge in [-0.25, -0.2) is 9.18 Å². The van der Waals surface area contributed by atoms with Crippen molar-refractivity contribution in [2.45, 2.75) is 19.6 Å². The lowest BCUT2D eigenvalue weighted by Gasteiger charge is -2.18. The van der Waals surface area contributed by atoms with Crippen molar-refractivity contribution in [2.75, 3.05) is 7.11 Å². The number of hydrogen-bond acceptors (Lipinski definition) is 6. The average Bonchev–Trinajstić information content (AvgIpc) is 3.00. The average molecular weight is 573 g/mol. The van der Waals surface area contributed by atoms with E-state index >= 15 is 0 Å². The van der Waals surface area contributed by atoms with Crippen molar-refractivity contribution in [3.63, 3.8) is 0 Å². The Hall–Kier alpha value is -2.17. The van der Waals surface area contributed by atoms with Crippen molar-refractivity contribution in [1.82, 2.24) is 4.90 Å². The van der Waals surface area contributed by atoms with Crippen LogP contribution in [0, 0.1) is 5.82 Å². The molecule has 10 heteroatoms. The number of benzene rings is 2. The number of ether oxygens (including phenoxy) is 2. The van der Waals surface area contributed by atoms with Crippen LogP contribution < -0.4 is 4.74 Å². The summed E-state index contributed by atoms with van der Waals surface area (Å²) < 4.78 is 24.7. The van der Waals surface area contributed by atoms with Crippen LogP contribution in [-0.2, 0) is 20.9 Å². The Balaban J connectivity index is 1.78. The minimum absolute atomic E-state index is 0.194. The van der Waals surface area contributed by atoms with Gasteiger partial charge < -0.3 is 9.47 Å². The first-order valence-electron chi connectivity index (χ1n) is 8.92. The van der Waals surface area contributed by atoms with Crippen LogP contribution in [0.5, 0.6) is 5.75 Å². The van der Waals surface area contributed by atoms with Gasteiger partial charge in [0.05, 0.1) is 21.0 Å². The number of rotatable bonds is 6. The highest BCUT2D eigenvalue weighted by Crippen LogP contribution is 2.38. The van der Waals surface area contributed by atoms with Crippen molar-refractivity contribution in [2.24, 2.45) is 0 Å². The van der Waals surface area contributed by atoms with Gasteiger partial charge in [-0.15, -0.1) is 0 Å². The fourth-order valence-corrected chi connectivity index (χ4v) is 5.14. The first kappa shape index (κ1) is 23.5. The second kappa shape index (κ2) is 9.97. The van der Waals surface area contributed by atoms with Gasteiger partial charge in [0, 0.05) is 0 Å². The molecule has 0 saturated carbocycles. The maximum Gasteiger partial charge on any atom is 0.328 e. The fraction of sp³-hybridized carbons (Fsp3) is 0.190. The number of esters is 1. The summed E-state index contributed by atoms with van der Waals surface area (Å²) in [6.45, 7) is 1.67. The predicted octanol–water partition coefficient (Wildman–Crippen LogP) is 5.53. The summed E-state index contributed by atoms with van der Waals surface area (Å²) in [6.07, 6.45) is 1.56. The summed E-state index contributed by atoms with van der Waals surface area (Å²) in [5, 5.41) is -0.536. The molecule has 2 amide bonds. The molecule has 0 spiro atoms. The van der Waals surface area contributed by atoms with Gasteiger partial charge in [0.1, 0.15) is 24.2 Å². The Bertz CT molecular complexity index is 1050. The molecule has 0 aromatic heterocycles. The van der Waals surface area contributed by atoms with Gasteiger partial charge in [0.2, 0.25) is 0 Å². The van der Waals surface area contributed by atoms with Crippen LogP contribution >= 0.6 is 43.6 Å². The Morgan fingerprint density at radius 2 is 1.81 bits per heavy atom. The third kappa shape index (κ3) is 5.36. The molecule has 1 saturated heterocycles. The smallest absolute Gasteiger partial charge is 0.328 e. The highest BCUT2D eigenvalue weighted by molar-refractivity contribution is 9.11. The van der Waals surface area contributed by atoms with Crippen LogP contribution in [0.15, 0.2) is 50.2 Å². The van der Waals surface area contributed by atoms with Crippen LogP contribution in [-0.4, -0.2) is 35.2 Å². The molecule has 1 fully saturated rings. The van der Waals surface area contributed by atoms with Gasteiger partial charge in [-0.2, -0.15) is 0 Å². The quantitative estimate of drug-likeness (QED) is 0.335. The minimum atomic E-state index is -1.01. The van der Waals surface area contributed by atoms with E-state index in [9.17, 15) is 18.8 Å². The SMILES string of the molecule is COC(=O)[C@@H](C)N1C(=O)S/C(=C/c2cc(Br)c(OCc3ccc(F)cc3)c(Br)c2)C1=O. The zero-order chi connectivity index (χ0) is 22.7. The summed E-state index contributed by atoms with van der Waals surface area (Å²) in [6, 6.07) is 8.46. The van der Waals surface area contributed by atoms with Crippen LogP contribution in [0.4, 0.5) is 9.18 Å². The number of carbonyl (C=O) groups is 3. The number of hydrogen-bond donors (Lipinski definition) is 0. The van der Waals surface area contributed by atoms with Crippen LogP contribution in [0.2, 0.25) is 0 Å². The van der Waals surface area contributed by atoms with E-state index in [4.69, 9.17) is 4.74 Å². The Kier molecular flexibility index (Phi) is 7.55. The third-order valence-electron chi connectivity index (χ3n) is 4.37. The van der Waals surface area contributed by atoms with E-state index in [1.54, 1.807) is 30.3 Å². The number of nitrogens with zero attached hydrogens (tertiary/aromatic N) is 1. The fourth-order valence-electron chi connectivity index (χ4n) is 2.78. The van der Waals surface area contributed by atoms with Gasteiger partial charge in [-0.1, -0.05) is 12.1 Å². The number of methoxy groups -OCH3 is 1. The number of carbonyl (C=O) groups excluding carboxylic acids is 3. The summed E-state index contributed by atoms with van der Waals surface area (Å²) >= 11 is 7.65. The van der Waals surface area contributed by atoms with Crippen molar-refractivity contribution >= 4 is 66.8 Å². The summed E-state index contributed by atoms with van der Waals surface area (Å²) in [5.41, 5.74) is 1.45. The first-order valence-corrected chi connectivity index (χ1v) is 11.3. The van der Waals surface area contributed by atoms with Gasteiger partial charge in [0.15, 0.2) is 0 Å². The molecular weight excluding hydrogens is 557 g/mol. The lowest BCUT2D eigenvalue weighted by atomic mass is 10.2. The molecule has 2 aromatic carbocycles. The molecule has 0 bridgehead atoms. The van der Waals surface area contributed by atoms with Crippen molar-refractivity contribution in [1.29, 1.82) is 0 Å². The summed E-state index contributed by atoms with van der Waals surface area (Å²) in [7, 11) is 1.20. The minimum Gasteiger partial charge on any atom is -0.487 e. The largest absolute Gasteiger partial charge is 0.487 e. The van der Waals surface area contributed by atoms with E-state index in [-0.39, 0.29) is 17.3 Å². The molecule has 0 radical (unpaired) electrons. The Morgan fingerprint density at radius 1 is 1.19 bits per heavy atom. The van der Waals surface area contributed by atoms with E-state index in [0.29, 0.717) is 20.3 Å². The molecule has 0 aliphatic carbocycles. The molecule has 31 heavy (non-hydrogen) atoms. The predicted molar refractivity (Wildman–Crippen MR) is 122 cm³/mol. The van der Waals surface area contributed by atoms with Crippen molar-refractivity contribution in [3.8, 4) is 5.75 Å². The normalized spacial score (nSPS) is 16.0. The second-order valence-corrected chi connectivity index (χ2v) is 9.18. The highest BCUT2D eigenvalue weighted by Gasteiger charge is 2.41. The highest BCUT2D eigenvalue weighted by atomic mass is 79.9. The number of halogens is 3. The van der Waals surface area contributed by atoms with E-state index in [2.05, 4.69) is 36.6 Å². The summed E-state index contributed by atoms with van der Waals surface area (Å²) in [4.78, 5) is 37.7. The zero-order valence-corrected chi connectivity index (χ0v) is 20.3. The van der Waals surface area contributed by atoms with Gasteiger partial charge in [-0.3, -0.25) is 14.5 Å². The molecule has 2 aromatic rings. The van der Waals surface area contributed by atoms with Gasteiger partial charge in [-0.05, 0) is 92.0 Å². The molecule has 1 aliphatic rings. The standard InChI is InChI=1S/C21H16Br2FNO5S/c1-11(20(27)29-2)25-19(26)17(31-21(25)28)9-13-7-15(22)18(16(23)8-13)30-10-12-3-5-14(24)6-4-12/h3-9,11H,10H2,1-2H3/b17-9+/t11-/m1/s1. The summed E-state index contributed by atoms with van der Waals surface area (Å²) in [5.74, 6) is -1.01. The Morgan fingerprint density at radius 3 is 2.39 bits per heavy atom. The maximum atomic E-state index is 13.0. The lowest BCUT2D eigenvalue weighted by Crippen LogP contribution is -2.42. The molecule has 0 unspecified atom stereocenters. The molecule has 1 aliphatic heterocycles. The third-order valence-corrected chi connectivity index (χ3v) is 6.43. The molecular formula is C21H16Br2FNO5S. The van der Waals surface area contributed by atoms with Crippen LogP contribution in [0.3, 0.4) is 0 Å². The number of thioether (sulfide) groups is 1. The van der Waals surface area contributed by atoms with Crippen molar-refractivity contribution in [3.05, 3.63) is 67.2 Å². The molecule has 0 N–H and O–H groups in total. The van der Waals surface area contributed by atoms with E-state index in [1.807, 2.05) is 0 Å². The lowest BCUT2D eigenvalue weighted by molar-refractivity contribution is -0.148. The van der Waals surface area contributed by atoms with E-state index in [1.165, 1.54) is 26.2 Å². The zero-order valence-electron chi connectivity index (χ0n) is 16.4. The molecule has 1 atom stereocenters. The number of amides is 2. The second-order valence-electron chi connectivity index (χ2n) is 6.48. The van der Waals surface area contributed by atoms with Crippen LogP contribution in [0.1, 0.15) is 18.1 Å². The number of imide groups is 1. The van der Waals surface area contributed by atoms with E-state index in [0.717, 1.165) is 22.2 Å². The maximum absolute atomic E-state index is 13.0.